The smallest absolute Gasteiger partial charge is 0.239 e. The number of fused-ring (bicyclic) bond motifs is 1. The van der Waals surface area contributed by atoms with Crippen molar-refractivity contribution in [1.82, 2.24) is 4.98 Å². The third-order valence-electron chi connectivity index (χ3n) is 3.87. The van der Waals surface area contributed by atoms with E-state index in [-0.39, 0.29) is 5.91 Å². The summed E-state index contributed by atoms with van der Waals surface area (Å²) in [5.74, 6) is 1.01. The highest BCUT2D eigenvalue weighted by molar-refractivity contribution is 8.00. The Hall–Kier alpha value is -2.28. The van der Waals surface area contributed by atoms with Crippen LogP contribution in [-0.4, -0.2) is 16.6 Å². The van der Waals surface area contributed by atoms with E-state index in [4.69, 9.17) is 16.0 Å². The molecular weight excluding hydrogens is 400 g/mol. The third kappa shape index (κ3) is 4.35. The number of aromatic nitrogens is 1. The van der Waals surface area contributed by atoms with Crippen molar-refractivity contribution in [2.45, 2.75) is 11.4 Å². The highest BCUT2D eigenvalue weighted by Crippen LogP contribution is 2.32. The predicted molar refractivity (Wildman–Crippen MR) is 112 cm³/mol. The van der Waals surface area contributed by atoms with E-state index >= 15 is 0 Å². The number of amides is 1. The van der Waals surface area contributed by atoms with E-state index in [9.17, 15) is 4.79 Å². The number of hydrogen-bond donors (Lipinski definition) is 0. The van der Waals surface area contributed by atoms with E-state index in [1.165, 1.54) is 23.1 Å². The molecule has 0 N–H and O–H groups in total. The number of furan rings is 1. The highest BCUT2D eigenvalue weighted by Gasteiger charge is 2.21. The molecule has 0 aliphatic rings. The maximum atomic E-state index is 13.0. The van der Waals surface area contributed by atoms with Gasteiger partial charge in [-0.1, -0.05) is 41.1 Å². The van der Waals surface area contributed by atoms with Crippen LogP contribution in [0.15, 0.2) is 76.2 Å². The van der Waals surface area contributed by atoms with Gasteiger partial charge >= 0.3 is 0 Å². The van der Waals surface area contributed by atoms with Gasteiger partial charge in [-0.3, -0.25) is 9.69 Å². The molecule has 0 aliphatic heterocycles. The van der Waals surface area contributed by atoms with Crippen LogP contribution in [0.25, 0.3) is 10.2 Å². The van der Waals surface area contributed by atoms with Gasteiger partial charge in [0, 0.05) is 9.92 Å². The molecule has 0 saturated heterocycles. The zero-order chi connectivity index (χ0) is 18.6. The van der Waals surface area contributed by atoms with Gasteiger partial charge in [-0.15, -0.1) is 11.8 Å². The number of benzene rings is 2. The van der Waals surface area contributed by atoms with Crippen molar-refractivity contribution in [2.24, 2.45) is 0 Å². The summed E-state index contributed by atoms with van der Waals surface area (Å²) in [5, 5.41) is 1.29. The van der Waals surface area contributed by atoms with E-state index in [1.54, 1.807) is 17.2 Å². The molecule has 2 heterocycles. The lowest BCUT2D eigenvalue weighted by atomic mass is 10.3. The summed E-state index contributed by atoms with van der Waals surface area (Å²) >= 11 is 9.04. The molecule has 4 aromatic rings. The summed E-state index contributed by atoms with van der Waals surface area (Å²) in [6.07, 6.45) is 1.61. The summed E-state index contributed by atoms with van der Waals surface area (Å²) in [7, 11) is 0. The van der Waals surface area contributed by atoms with Gasteiger partial charge in [0.25, 0.3) is 0 Å². The van der Waals surface area contributed by atoms with Crippen molar-refractivity contribution in [3.8, 4) is 0 Å². The topological polar surface area (TPSA) is 46.3 Å². The average Bonchev–Trinajstić information content (AvgIpc) is 3.34. The molecule has 0 spiro atoms. The van der Waals surface area contributed by atoms with Crippen molar-refractivity contribution < 1.29 is 9.21 Å². The Labute approximate surface area is 169 Å². The second kappa shape index (κ2) is 8.17. The number of thioether (sulfide) groups is 1. The minimum Gasteiger partial charge on any atom is -0.467 e. The number of halogens is 1. The minimum atomic E-state index is -0.0228. The van der Waals surface area contributed by atoms with Crippen LogP contribution in [0.3, 0.4) is 0 Å². The van der Waals surface area contributed by atoms with Crippen LogP contribution in [0.5, 0.6) is 0 Å². The monoisotopic (exact) mass is 414 g/mol. The number of carbonyl (C=O) groups excluding carboxylic acids is 1. The van der Waals surface area contributed by atoms with Crippen LogP contribution in [0, 0.1) is 0 Å². The predicted octanol–water partition coefficient (Wildman–Crippen LogP) is 5.87. The first-order valence-corrected chi connectivity index (χ1v) is 10.4. The number of hydrogen-bond acceptors (Lipinski definition) is 5. The molecule has 4 nitrogen and oxygen atoms in total. The number of rotatable bonds is 6. The summed E-state index contributed by atoms with van der Waals surface area (Å²) in [6.45, 7) is 0.342. The molecule has 7 heteroatoms. The van der Waals surface area contributed by atoms with Crippen LogP contribution in [0.2, 0.25) is 5.02 Å². The van der Waals surface area contributed by atoms with Crippen LogP contribution >= 0.6 is 34.7 Å². The summed E-state index contributed by atoms with van der Waals surface area (Å²) in [6, 6.07) is 19.1. The molecular formula is C20H15ClN2O2S2. The van der Waals surface area contributed by atoms with Gasteiger partial charge in [-0.05, 0) is 42.5 Å². The molecule has 0 unspecified atom stereocenters. The van der Waals surface area contributed by atoms with Crippen LogP contribution in [-0.2, 0) is 11.3 Å². The van der Waals surface area contributed by atoms with Crippen molar-refractivity contribution in [3.05, 3.63) is 77.7 Å². The van der Waals surface area contributed by atoms with Gasteiger partial charge in [0.2, 0.25) is 5.91 Å². The van der Waals surface area contributed by atoms with Gasteiger partial charge < -0.3 is 4.42 Å². The Balaban J connectivity index is 1.60. The van der Waals surface area contributed by atoms with Crippen LogP contribution in [0.4, 0.5) is 5.13 Å². The molecule has 0 bridgehead atoms. The van der Waals surface area contributed by atoms with E-state index in [2.05, 4.69) is 4.98 Å². The summed E-state index contributed by atoms with van der Waals surface area (Å²) in [4.78, 5) is 20.3. The Morgan fingerprint density at radius 3 is 2.78 bits per heavy atom. The second-order valence-corrected chi connectivity index (χ2v) is 8.26. The normalized spacial score (nSPS) is 11.0. The quantitative estimate of drug-likeness (QED) is 0.370. The fourth-order valence-electron chi connectivity index (χ4n) is 2.56. The van der Waals surface area contributed by atoms with Crippen molar-refractivity contribution in [3.63, 3.8) is 0 Å². The first-order chi connectivity index (χ1) is 13.2. The molecule has 0 fully saturated rings. The molecule has 136 valence electrons. The molecule has 27 heavy (non-hydrogen) atoms. The van der Waals surface area contributed by atoms with E-state index in [0.29, 0.717) is 28.2 Å². The maximum absolute atomic E-state index is 13.0. The lowest BCUT2D eigenvalue weighted by Gasteiger charge is -2.18. The van der Waals surface area contributed by atoms with E-state index in [0.717, 1.165) is 15.1 Å². The largest absolute Gasteiger partial charge is 0.467 e. The number of carbonyl (C=O) groups is 1. The van der Waals surface area contributed by atoms with Crippen molar-refractivity contribution in [1.29, 1.82) is 0 Å². The van der Waals surface area contributed by atoms with Crippen molar-refractivity contribution >= 4 is 56.0 Å². The molecule has 2 aromatic heterocycles. The fraction of sp³-hybridized carbons (Fsp3) is 0.100. The SMILES string of the molecule is O=C(CSc1ccccc1)N(Cc1ccco1)c1nc2ccc(Cl)cc2s1. The first kappa shape index (κ1) is 18.1. The standard InChI is InChI=1S/C20H15ClN2O2S2/c21-14-8-9-17-18(11-14)27-20(22-17)23(12-15-5-4-10-25-15)19(24)13-26-16-6-2-1-3-7-16/h1-11H,12-13H2. The Morgan fingerprint density at radius 1 is 1.15 bits per heavy atom. The Kier molecular flexibility index (Phi) is 5.48. The van der Waals surface area contributed by atoms with Gasteiger partial charge in [-0.25, -0.2) is 4.98 Å². The highest BCUT2D eigenvalue weighted by atomic mass is 35.5. The Morgan fingerprint density at radius 2 is 2.00 bits per heavy atom. The maximum Gasteiger partial charge on any atom is 0.239 e. The van der Waals surface area contributed by atoms with Gasteiger partial charge in [0.15, 0.2) is 5.13 Å². The third-order valence-corrected chi connectivity index (χ3v) is 6.14. The molecule has 4 rings (SSSR count). The fourth-order valence-corrected chi connectivity index (χ4v) is 4.62. The van der Waals surface area contributed by atoms with Gasteiger partial charge in [0.1, 0.15) is 5.76 Å². The Bertz CT molecular complexity index is 1050. The molecule has 0 radical (unpaired) electrons. The molecule has 1 amide bonds. The number of nitrogens with zero attached hydrogens (tertiary/aromatic N) is 2. The van der Waals surface area contributed by atoms with E-state index in [1.807, 2.05) is 54.6 Å². The van der Waals surface area contributed by atoms with Crippen LogP contribution in [0.1, 0.15) is 5.76 Å². The first-order valence-electron chi connectivity index (χ1n) is 8.26. The lowest BCUT2D eigenvalue weighted by molar-refractivity contribution is -0.116. The number of thiazole rings is 1. The molecule has 2 aromatic carbocycles. The zero-order valence-corrected chi connectivity index (χ0v) is 16.6. The lowest BCUT2D eigenvalue weighted by Crippen LogP contribution is -2.31. The number of anilines is 1. The zero-order valence-electron chi connectivity index (χ0n) is 14.2. The molecule has 0 saturated carbocycles. The summed E-state index contributed by atoms with van der Waals surface area (Å²) < 4.78 is 6.40. The van der Waals surface area contributed by atoms with Gasteiger partial charge in [-0.2, -0.15) is 0 Å². The van der Waals surface area contributed by atoms with Crippen LogP contribution < -0.4 is 4.90 Å². The minimum absolute atomic E-state index is 0.0228. The van der Waals surface area contributed by atoms with E-state index < -0.39 is 0 Å². The average molecular weight is 415 g/mol. The molecule has 0 atom stereocenters. The second-order valence-electron chi connectivity index (χ2n) is 5.77. The van der Waals surface area contributed by atoms with Gasteiger partial charge in [0.05, 0.1) is 28.8 Å². The molecule has 0 aliphatic carbocycles. The van der Waals surface area contributed by atoms with Crippen molar-refractivity contribution in [2.75, 3.05) is 10.7 Å². The summed E-state index contributed by atoms with van der Waals surface area (Å²) in [5.41, 5.74) is 0.826.